The Morgan fingerprint density at radius 3 is 2.40 bits per heavy atom. The summed E-state index contributed by atoms with van der Waals surface area (Å²) in [5.74, 6) is 1.12. The van der Waals surface area contributed by atoms with Gasteiger partial charge in [0.2, 0.25) is 0 Å². The first-order valence-corrected chi connectivity index (χ1v) is 4.93. The van der Waals surface area contributed by atoms with Crippen LogP contribution in [0.15, 0.2) is 0 Å². The zero-order valence-electron chi connectivity index (χ0n) is 7.23. The van der Waals surface area contributed by atoms with Crippen LogP contribution in [0.3, 0.4) is 0 Å². The molecule has 1 heteroatoms. The summed E-state index contributed by atoms with van der Waals surface area (Å²) in [6, 6.07) is 0. The summed E-state index contributed by atoms with van der Waals surface area (Å²) >= 11 is 2.29. The molecule has 10 heavy (non-hydrogen) atoms. The van der Waals surface area contributed by atoms with E-state index in [0.717, 1.165) is 5.92 Å². The van der Waals surface area contributed by atoms with Crippen LogP contribution in [0.2, 0.25) is 5.09 Å². The van der Waals surface area contributed by atoms with Gasteiger partial charge in [0.05, 0.1) is 0 Å². The van der Waals surface area contributed by atoms with Crippen LogP contribution in [0.25, 0.3) is 0 Å². The van der Waals surface area contributed by atoms with Crippen molar-refractivity contribution in [2.75, 3.05) is 0 Å². The molecule has 0 N–H and O–H groups in total. The van der Waals surface area contributed by atoms with Crippen LogP contribution < -0.4 is 0 Å². The second-order valence-corrected chi connectivity index (χ2v) is 3.65. The summed E-state index contributed by atoms with van der Waals surface area (Å²) in [5, 5.41) is 1.38. The van der Waals surface area contributed by atoms with E-state index in [1.54, 1.807) is 0 Å². The van der Waals surface area contributed by atoms with E-state index in [1.807, 2.05) is 0 Å². The van der Waals surface area contributed by atoms with Crippen LogP contribution in [0.4, 0.5) is 0 Å². The molecule has 0 radical (unpaired) electrons. The molecule has 0 spiro atoms. The Hall–Kier alpha value is 0.597. The molecule has 0 bridgehead atoms. The minimum atomic E-state index is 1.12. The molecule has 1 rings (SSSR count). The molecule has 1 saturated carbocycles. The maximum atomic E-state index is 2.29. The van der Waals surface area contributed by atoms with E-state index in [2.05, 4.69) is 17.7 Å². The summed E-state index contributed by atoms with van der Waals surface area (Å²) in [6.07, 6.45) is 10.5. The van der Waals surface area contributed by atoms with Gasteiger partial charge in [-0.05, 0) is 0 Å². The summed E-state index contributed by atoms with van der Waals surface area (Å²) < 4.78 is 0. The normalized spacial score (nSPS) is 20.2. The fraction of sp³-hybridized carbons (Fsp3) is 1.00. The average molecular weight is 132 g/mol. The second kappa shape index (κ2) is 5.27. The maximum absolute atomic E-state index is 2.29. The first-order valence-electron chi connectivity index (χ1n) is 4.93. The van der Waals surface area contributed by atoms with Crippen LogP contribution in [-0.2, 0) is 0 Å². The Bertz CT molecular complexity index is 74.8. The van der Waals surface area contributed by atoms with Gasteiger partial charge in [-0.2, -0.15) is 0 Å². The van der Waals surface area contributed by atoms with Gasteiger partial charge in [0.1, 0.15) is 0 Å². The van der Waals surface area contributed by atoms with Crippen LogP contribution >= 0.6 is 0 Å². The van der Waals surface area contributed by atoms with Gasteiger partial charge >= 0.3 is 73.7 Å². The van der Waals surface area contributed by atoms with Gasteiger partial charge in [0.15, 0.2) is 0 Å². The Kier molecular flexibility index (Phi) is 4.58. The van der Waals surface area contributed by atoms with Gasteiger partial charge in [-0.25, -0.2) is 0 Å². The molecule has 0 aromatic carbocycles. The van der Waals surface area contributed by atoms with Crippen molar-refractivity contribution in [3.63, 3.8) is 0 Å². The first-order chi connectivity index (χ1) is 4.93. The number of hydrogen-bond acceptors (Lipinski definition) is 0. The molecular weight excluding hydrogens is 115 g/mol. The van der Waals surface area contributed by atoms with Crippen molar-refractivity contribution >= 4 is 17.7 Å². The van der Waals surface area contributed by atoms with Crippen molar-refractivity contribution in [1.82, 2.24) is 0 Å². The predicted octanol–water partition coefficient (Wildman–Crippen LogP) is 2.93. The number of rotatable bonds is 4. The van der Waals surface area contributed by atoms with E-state index < -0.39 is 0 Å². The van der Waals surface area contributed by atoms with Gasteiger partial charge in [-0.1, -0.05) is 0 Å². The molecule has 54 valence electrons. The Balaban J connectivity index is 1.91. The predicted molar refractivity (Wildman–Crippen MR) is 46.4 cm³/mol. The molecule has 0 nitrogen and oxygen atoms in total. The van der Waals surface area contributed by atoms with Crippen LogP contribution in [0, 0.1) is 5.92 Å². The zero-order chi connectivity index (χ0) is 7.23. The third kappa shape index (κ3) is 3.13. The molecule has 0 aromatic rings. The second-order valence-electron chi connectivity index (χ2n) is 3.65. The Labute approximate surface area is 74.0 Å². The van der Waals surface area contributed by atoms with Gasteiger partial charge in [0, 0.05) is 0 Å². The van der Waals surface area contributed by atoms with Crippen LogP contribution in [-0.4, -0.2) is 17.7 Å². The molecule has 0 aliphatic heterocycles. The summed E-state index contributed by atoms with van der Waals surface area (Å²) in [6.45, 7) is 0. The van der Waals surface area contributed by atoms with Gasteiger partial charge in [0.25, 0.3) is 0 Å². The zero-order valence-corrected chi connectivity index (χ0v) is 7.23. The quantitative estimate of drug-likeness (QED) is 0.407. The molecular formula is C9H17Li. The van der Waals surface area contributed by atoms with Crippen molar-refractivity contribution in [2.24, 2.45) is 5.92 Å². The van der Waals surface area contributed by atoms with Gasteiger partial charge in [-0.3, -0.25) is 0 Å². The molecule has 0 amide bonds. The molecule has 0 heterocycles. The van der Waals surface area contributed by atoms with Gasteiger partial charge < -0.3 is 0 Å². The first kappa shape index (κ1) is 8.69. The summed E-state index contributed by atoms with van der Waals surface area (Å²) in [5.41, 5.74) is 0. The van der Waals surface area contributed by atoms with E-state index in [9.17, 15) is 0 Å². The van der Waals surface area contributed by atoms with Crippen LogP contribution in [0.1, 0.15) is 44.9 Å². The molecule has 0 saturated heterocycles. The fourth-order valence-corrected chi connectivity index (χ4v) is 1.98. The number of hydrogen-bond donors (Lipinski definition) is 0. The van der Waals surface area contributed by atoms with Gasteiger partial charge in [-0.15, -0.1) is 0 Å². The Morgan fingerprint density at radius 2 is 1.80 bits per heavy atom. The van der Waals surface area contributed by atoms with Crippen molar-refractivity contribution in [1.29, 1.82) is 0 Å². The van der Waals surface area contributed by atoms with E-state index >= 15 is 0 Å². The molecule has 1 fully saturated rings. The molecule has 0 unspecified atom stereocenters. The fourth-order valence-electron chi connectivity index (χ4n) is 1.98. The van der Waals surface area contributed by atoms with Crippen LogP contribution in [0.5, 0.6) is 0 Å². The topological polar surface area (TPSA) is 0 Å². The number of unbranched alkanes of at least 4 members (excludes halogenated alkanes) is 1. The van der Waals surface area contributed by atoms with Crippen molar-refractivity contribution in [3.8, 4) is 0 Å². The SMILES string of the molecule is [Li][CH2]CCCC1CCCC1. The van der Waals surface area contributed by atoms with E-state index in [0.29, 0.717) is 0 Å². The van der Waals surface area contributed by atoms with Crippen molar-refractivity contribution in [3.05, 3.63) is 0 Å². The molecule has 1 aliphatic carbocycles. The monoisotopic (exact) mass is 132 g/mol. The Morgan fingerprint density at radius 1 is 1.10 bits per heavy atom. The average Bonchev–Trinajstić information content (AvgIpc) is 2.41. The van der Waals surface area contributed by atoms with E-state index in [1.165, 1.54) is 50.0 Å². The standard InChI is InChI=1S/C9H17.Li/c1-2-3-6-9-7-4-5-8-9;/h9H,1-8H2;. The van der Waals surface area contributed by atoms with Crippen molar-refractivity contribution in [2.45, 2.75) is 50.0 Å². The third-order valence-electron chi connectivity index (χ3n) is 2.69. The van der Waals surface area contributed by atoms with E-state index in [-0.39, 0.29) is 0 Å². The molecule has 0 atom stereocenters. The third-order valence-corrected chi connectivity index (χ3v) is 2.69. The minimum absolute atomic E-state index is 1.12. The molecule has 1 aliphatic rings. The summed E-state index contributed by atoms with van der Waals surface area (Å²) in [4.78, 5) is 0. The van der Waals surface area contributed by atoms with E-state index in [4.69, 9.17) is 0 Å². The molecule has 0 aromatic heterocycles. The summed E-state index contributed by atoms with van der Waals surface area (Å²) in [7, 11) is 0. The van der Waals surface area contributed by atoms with Crippen molar-refractivity contribution < 1.29 is 0 Å².